The van der Waals surface area contributed by atoms with Gasteiger partial charge in [0.25, 0.3) is 0 Å². The van der Waals surface area contributed by atoms with Crippen molar-refractivity contribution >= 4 is 11.8 Å². The van der Waals surface area contributed by atoms with Crippen LogP contribution in [0, 0.1) is 17.3 Å². The van der Waals surface area contributed by atoms with E-state index in [4.69, 9.17) is 4.74 Å². The maximum Gasteiger partial charge on any atom is 0.307 e. The van der Waals surface area contributed by atoms with Gasteiger partial charge in [0.2, 0.25) is 0 Å². The number of ketones is 1. The molecular formula is C16H22O3. The van der Waals surface area contributed by atoms with Gasteiger partial charge in [-0.3, -0.25) is 9.59 Å². The van der Waals surface area contributed by atoms with E-state index in [9.17, 15) is 9.59 Å². The summed E-state index contributed by atoms with van der Waals surface area (Å²) in [6.07, 6.45) is 5.00. The van der Waals surface area contributed by atoms with Crippen LogP contribution in [0.15, 0.2) is 24.0 Å². The van der Waals surface area contributed by atoms with Crippen LogP contribution in [0.1, 0.15) is 46.5 Å². The molecule has 0 heterocycles. The minimum Gasteiger partial charge on any atom is -0.430 e. The van der Waals surface area contributed by atoms with Crippen molar-refractivity contribution in [3.63, 3.8) is 0 Å². The van der Waals surface area contributed by atoms with Gasteiger partial charge in [-0.05, 0) is 38.0 Å². The molecule has 2 aliphatic carbocycles. The first-order chi connectivity index (χ1) is 8.87. The third-order valence-corrected chi connectivity index (χ3v) is 4.77. The topological polar surface area (TPSA) is 43.4 Å². The number of carbonyl (C=O) groups is 2. The molecule has 0 saturated heterocycles. The zero-order valence-corrected chi connectivity index (χ0v) is 12.0. The highest BCUT2D eigenvalue weighted by molar-refractivity contribution is 5.91. The van der Waals surface area contributed by atoms with Crippen molar-refractivity contribution in [3.8, 4) is 0 Å². The first-order valence-corrected chi connectivity index (χ1v) is 6.96. The first-order valence-electron chi connectivity index (χ1n) is 6.96. The summed E-state index contributed by atoms with van der Waals surface area (Å²) in [7, 11) is 0. The molecule has 0 amide bonds. The third-order valence-electron chi connectivity index (χ3n) is 4.77. The summed E-state index contributed by atoms with van der Waals surface area (Å²) in [4.78, 5) is 23.0. The van der Waals surface area contributed by atoms with Crippen molar-refractivity contribution in [1.82, 2.24) is 0 Å². The van der Waals surface area contributed by atoms with Crippen LogP contribution in [0.2, 0.25) is 0 Å². The number of esters is 1. The summed E-state index contributed by atoms with van der Waals surface area (Å²) < 4.78 is 5.41. The molecule has 2 aliphatic rings. The number of allylic oxidation sites excluding steroid dienone is 3. The summed E-state index contributed by atoms with van der Waals surface area (Å²) in [5.74, 6) is 1.00. The highest BCUT2D eigenvalue weighted by Crippen LogP contribution is 2.59. The fraction of sp³-hybridized carbons (Fsp3) is 0.625. The van der Waals surface area contributed by atoms with Gasteiger partial charge >= 0.3 is 5.97 Å². The summed E-state index contributed by atoms with van der Waals surface area (Å²) in [6, 6.07) is 0. The van der Waals surface area contributed by atoms with Crippen molar-refractivity contribution < 1.29 is 14.3 Å². The average Bonchev–Trinajstić information content (AvgIpc) is 2.62. The van der Waals surface area contributed by atoms with E-state index in [-0.39, 0.29) is 17.2 Å². The minimum atomic E-state index is -0.347. The Morgan fingerprint density at radius 3 is 2.68 bits per heavy atom. The molecule has 1 saturated carbocycles. The fourth-order valence-electron chi connectivity index (χ4n) is 3.88. The van der Waals surface area contributed by atoms with Gasteiger partial charge < -0.3 is 4.74 Å². The molecule has 1 fully saturated rings. The Bertz CT molecular complexity index is 461. The molecule has 0 bridgehead atoms. The maximum absolute atomic E-state index is 11.7. The van der Waals surface area contributed by atoms with Crippen molar-refractivity contribution in [1.29, 1.82) is 0 Å². The van der Waals surface area contributed by atoms with E-state index >= 15 is 0 Å². The molecule has 1 spiro atoms. The number of hydrogen-bond donors (Lipinski definition) is 0. The van der Waals surface area contributed by atoms with Gasteiger partial charge in [-0.25, -0.2) is 0 Å². The van der Waals surface area contributed by atoms with Crippen LogP contribution < -0.4 is 0 Å². The molecule has 3 atom stereocenters. The number of hydrogen-bond acceptors (Lipinski definition) is 3. The van der Waals surface area contributed by atoms with E-state index in [1.54, 1.807) is 6.08 Å². The lowest BCUT2D eigenvalue weighted by atomic mass is 9.63. The molecule has 0 aliphatic heterocycles. The molecule has 3 nitrogen and oxygen atoms in total. The molecule has 0 radical (unpaired) electrons. The Hall–Kier alpha value is -1.38. The molecule has 19 heavy (non-hydrogen) atoms. The Morgan fingerprint density at radius 1 is 1.42 bits per heavy atom. The van der Waals surface area contributed by atoms with Crippen LogP contribution in [0.3, 0.4) is 0 Å². The van der Waals surface area contributed by atoms with Crippen molar-refractivity contribution in [2.45, 2.75) is 46.5 Å². The quantitative estimate of drug-likeness (QED) is 0.566. The zero-order valence-electron chi connectivity index (χ0n) is 12.0. The standard InChI is InChI=1S/C16H22O3/c1-10(2)14-6-5-11(3)16(14)8-7-13(18)9-15(16)19-12(4)17/h9,11,14H,1,5-8H2,2-4H3/t11-,14+,16+/m1/s1. The Kier molecular flexibility index (Phi) is 3.66. The van der Waals surface area contributed by atoms with Gasteiger partial charge in [-0.15, -0.1) is 0 Å². The fourth-order valence-corrected chi connectivity index (χ4v) is 3.88. The van der Waals surface area contributed by atoms with Gasteiger partial charge in [-0.1, -0.05) is 19.1 Å². The lowest BCUT2D eigenvalue weighted by molar-refractivity contribution is -0.140. The Labute approximate surface area is 114 Å². The Balaban J connectivity index is 2.48. The molecule has 0 aromatic carbocycles. The van der Waals surface area contributed by atoms with Crippen LogP contribution in [-0.4, -0.2) is 11.8 Å². The second kappa shape index (κ2) is 4.95. The van der Waals surface area contributed by atoms with Crippen LogP contribution in [-0.2, 0) is 14.3 Å². The molecule has 0 aromatic heterocycles. The van der Waals surface area contributed by atoms with Gasteiger partial charge in [0.15, 0.2) is 5.78 Å². The molecule has 0 N–H and O–H groups in total. The summed E-state index contributed by atoms with van der Waals surface area (Å²) in [6.45, 7) is 9.72. The molecular weight excluding hydrogens is 240 g/mol. The smallest absolute Gasteiger partial charge is 0.307 e. The highest BCUT2D eigenvalue weighted by atomic mass is 16.5. The van der Waals surface area contributed by atoms with Crippen LogP contribution >= 0.6 is 0 Å². The molecule has 0 unspecified atom stereocenters. The predicted molar refractivity (Wildman–Crippen MR) is 73.2 cm³/mol. The largest absolute Gasteiger partial charge is 0.430 e. The van der Waals surface area contributed by atoms with E-state index < -0.39 is 0 Å². The van der Waals surface area contributed by atoms with Gasteiger partial charge in [0, 0.05) is 24.8 Å². The molecule has 3 heteroatoms. The molecule has 0 aromatic rings. The van der Waals surface area contributed by atoms with E-state index in [0.29, 0.717) is 24.0 Å². The van der Waals surface area contributed by atoms with Gasteiger partial charge in [0.05, 0.1) is 0 Å². The lowest BCUT2D eigenvalue weighted by Crippen LogP contribution is -2.38. The summed E-state index contributed by atoms with van der Waals surface area (Å²) >= 11 is 0. The van der Waals surface area contributed by atoms with E-state index in [2.05, 4.69) is 13.5 Å². The highest BCUT2D eigenvalue weighted by Gasteiger charge is 2.53. The van der Waals surface area contributed by atoms with Crippen LogP contribution in [0.5, 0.6) is 0 Å². The van der Waals surface area contributed by atoms with E-state index in [0.717, 1.165) is 24.8 Å². The SMILES string of the molecule is C=C(C)[C@@H]1CC[C@@H](C)[C@@]12CCC(=O)C=C2OC(C)=O. The first kappa shape index (κ1) is 14.0. The summed E-state index contributed by atoms with van der Waals surface area (Å²) in [5, 5.41) is 0. The molecule has 104 valence electrons. The van der Waals surface area contributed by atoms with Gasteiger partial charge in [-0.2, -0.15) is 0 Å². The number of carbonyl (C=O) groups excluding carboxylic acids is 2. The Morgan fingerprint density at radius 2 is 2.11 bits per heavy atom. The number of rotatable bonds is 2. The van der Waals surface area contributed by atoms with Crippen molar-refractivity contribution in [3.05, 3.63) is 24.0 Å². The second-order valence-electron chi connectivity index (χ2n) is 5.99. The average molecular weight is 262 g/mol. The van der Waals surface area contributed by atoms with E-state index in [1.807, 2.05) is 6.92 Å². The van der Waals surface area contributed by atoms with Crippen LogP contribution in [0.4, 0.5) is 0 Å². The van der Waals surface area contributed by atoms with Gasteiger partial charge in [0.1, 0.15) is 5.76 Å². The minimum absolute atomic E-state index is 0.0569. The lowest BCUT2D eigenvalue weighted by Gasteiger charge is -2.42. The van der Waals surface area contributed by atoms with Crippen molar-refractivity contribution in [2.75, 3.05) is 0 Å². The summed E-state index contributed by atoms with van der Waals surface area (Å²) in [5.41, 5.74) is 0.919. The zero-order chi connectivity index (χ0) is 14.2. The van der Waals surface area contributed by atoms with Crippen molar-refractivity contribution in [2.24, 2.45) is 17.3 Å². The number of ether oxygens (including phenoxy) is 1. The predicted octanol–water partition coefficient (Wildman–Crippen LogP) is 3.40. The second-order valence-corrected chi connectivity index (χ2v) is 5.99. The van der Waals surface area contributed by atoms with Crippen LogP contribution in [0.25, 0.3) is 0 Å². The maximum atomic E-state index is 11.7. The third kappa shape index (κ3) is 2.26. The van der Waals surface area contributed by atoms with E-state index in [1.165, 1.54) is 6.92 Å². The monoisotopic (exact) mass is 262 g/mol. The normalized spacial score (nSPS) is 34.3. The molecule has 2 rings (SSSR count).